The zero-order chi connectivity index (χ0) is 21.4. The lowest BCUT2D eigenvalue weighted by molar-refractivity contribution is -0.123. The minimum Gasteiger partial charge on any atom is -0.368 e. The Morgan fingerprint density at radius 1 is 0.968 bits per heavy atom. The number of rotatable bonds is 3. The molecule has 0 spiro atoms. The number of fused-ring (bicyclic) bond motifs is 3. The Kier molecular flexibility index (Phi) is 4.83. The topological polar surface area (TPSA) is 89.1 Å². The number of carbonyl (C=O) groups is 2. The molecule has 154 valence electrons. The summed E-state index contributed by atoms with van der Waals surface area (Å²) >= 11 is 0. The van der Waals surface area contributed by atoms with Gasteiger partial charge in [0.25, 0.3) is 0 Å². The molecule has 0 N–H and O–H groups in total. The smallest absolute Gasteiger partial charge is 0.243 e. The highest BCUT2D eigenvalue weighted by molar-refractivity contribution is 6.23. The van der Waals surface area contributed by atoms with Gasteiger partial charge in [0, 0.05) is 12.6 Å². The van der Waals surface area contributed by atoms with E-state index in [0.717, 1.165) is 19.3 Å². The molecule has 0 unspecified atom stereocenters. The van der Waals surface area contributed by atoms with E-state index in [1.54, 1.807) is 24.3 Å². The first-order chi connectivity index (χ1) is 15.2. The number of amides is 2. The highest BCUT2D eigenvalue weighted by Gasteiger charge is 2.61. The Bertz CT molecular complexity index is 1120. The molecule has 31 heavy (non-hydrogen) atoms. The van der Waals surface area contributed by atoms with Gasteiger partial charge in [0.1, 0.15) is 6.07 Å². The molecule has 7 nitrogen and oxygen atoms in total. The molecule has 2 aromatic carbocycles. The van der Waals surface area contributed by atoms with Gasteiger partial charge in [-0.1, -0.05) is 36.4 Å². The van der Waals surface area contributed by atoms with Crippen molar-refractivity contribution in [1.82, 2.24) is 4.90 Å². The van der Waals surface area contributed by atoms with E-state index in [-0.39, 0.29) is 23.6 Å². The molecule has 0 aliphatic carbocycles. The van der Waals surface area contributed by atoms with E-state index in [1.807, 2.05) is 36.4 Å². The number of allylic oxidation sites excluding steroid dienone is 1. The quantitative estimate of drug-likeness (QED) is 0.430. The second-order valence-corrected chi connectivity index (χ2v) is 7.99. The number of nitrogens with zero attached hydrogens (tertiary/aromatic N) is 5. The summed E-state index contributed by atoms with van der Waals surface area (Å²) in [6.45, 7) is 0.713. The number of imide groups is 1. The lowest BCUT2D eigenvalue weighted by Gasteiger charge is -2.35. The Hall–Kier alpha value is -3.79. The molecule has 0 aromatic heterocycles. The normalized spacial score (nSPS) is 26.7. The maximum absolute atomic E-state index is 13.5. The molecule has 3 aliphatic rings. The van der Waals surface area contributed by atoms with Crippen molar-refractivity contribution in [3.63, 3.8) is 0 Å². The fraction of sp³-hybridized carbons (Fsp3) is 0.292. The van der Waals surface area contributed by atoms with Crippen LogP contribution in [0.1, 0.15) is 19.3 Å². The zero-order valence-corrected chi connectivity index (χ0v) is 16.9. The average molecular weight is 411 g/mol. The minimum atomic E-state index is -0.694. The van der Waals surface area contributed by atoms with Gasteiger partial charge >= 0.3 is 0 Å². The Balaban J connectivity index is 1.60. The first-order valence-electron chi connectivity index (χ1n) is 10.5. The molecule has 0 saturated carbocycles. The average Bonchev–Trinajstić information content (AvgIpc) is 3.29. The van der Waals surface area contributed by atoms with Crippen LogP contribution in [-0.2, 0) is 9.59 Å². The van der Waals surface area contributed by atoms with Crippen molar-refractivity contribution < 1.29 is 9.59 Å². The molecular formula is C24H21N5O2. The van der Waals surface area contributed by atoms with Gasteiger partial charge in [-0.25, -0.2) is 4.90 Å². The fourth-order valence-corrected chi connectivity index (χ4v) is 5.02. The predicted molar refractivity (Wildman–Crippen MR) is 114 cm³/mol. The molecule has 2 aromatic rings. The van der Waals surface area contributed by atoms with E-state index < -0.39 is 11.8 Å². The Labute approximate surface area is 180 Å². The molecule has 7 heteroatoms. The van der Waals surface area contributed by atoms with Gasteiger partial charge in [0.05, 0.1) is 28.9 Å². The largest absolute Gasteiger partial charge is 0.368 e. The monoisotopic (exact) mass is 411 g/mol. The summed E-state index contributed by atoms with van der Waals surface area (Å²) in [7, 11) is 0. The summed E-state index contributed by atoms with van der Waals surface area (Å²) in [5.74, 6) is -1.66. The lowest BCUT2D eigenvalue weighted by Crippen LogP contribution is -2.42. The summed E-state index contributed by atoms with van der Waals surface area (Å²) < 4.78 is 0. The maximum atomic E-state index is 13.5. The van der Waals surface area contributed by atoms with Gasteiger partial charge < -0.3 is 4.90 Å². The molecule has 0 bridgehead atoms. The van der Waals surface area contributed by atoms with Gasteiger partial charge in [-0.15, -0.1) is 10.2 Å². The van der Waals surface area contributed by atoms with Crippen molar-refractivity contribution in [3.8, 4) is 6.07 Å². The van der Waals surface area contributed by atoms with Crippen LogP contribution in [-0.4, -0.2) is 29.3 Å². The SMILES string of the molecule is N#C/C(N=Nc1ccccc1)=C1\[C@H]2C(=O)N(c3ccccc3)C(=O)[C@H]2[C@H]2CCCCN12. The van der Waals surface area contributed by atoms with Crippen LogP contribution >= 0.6 is 0 Å². The van der Waals surface area contributed by atoms with Crippen molar-refractivity contribution >= 4 is 23.2 Å². The summed E-state index contributed by atoms with van der Waals surface area (Å²) in [5.41, 5.74) is 1.85. The molecule has 3 atom stereocenters. The first-order valence-corrected chi connectivity index (χ1v) is 10.5. The molecule has 3 aliphatic heterocycles. The summed E-state index contributed by atoms with van der Waals surface area (Å²) in [6.07, 6.45) is 2.78. The second kappa shape index (κ2) is 7.80. The molecule has 5 rings (SSSR count). The molecule has 0 radical (unpaired) electrons. The van der Waals surface area contributed by atoms with Crippen LogP contribution in [0.15, 0.2) is 82.3 Å². The minimum absolute atomic E-state index is 0.0887. The van der Waals surface area contributed by atoms with Crippen LogP contribution < -0.4 is 4.90 Å². The maximum Gasteiger partial charge on any atom is 0.243 e. The van der Waals surface area contributed by atoms with Crippen LogP contribution in [0.25, 0.3) is 0 Å². The number of benzene rings is 2. The standard InChI is InChI=1S/C24H21N5O2/c25-15-18(27-26-16-9-3-1-4-10-16)22-21-20(19-13-7-8-14-28(19)22)23(30)29(24(21)31)17-11-5-2-6-12-17/h1-6,9-12,19-21H,7-8,13-14H2/b22-18-,27-26?/t19-,20+,21+/m1/s1. The van der Waals surface area contributed by atoms with Gasteiger partial charge in [-0.05, 0) is 43.5 Å². The van der Waals surface area contributed by atoms with Crippen molar-refractivity contribution in [3.05, 3.63) is 72.1 Å². The van der Waals surface area contributed by atoms with Crippen molar-refractivity contribution in [2.75, 3.05) is 11.4 Å². The van der Waals surface area contributed by atoms with Crippen molar-refractivity contribution in [1.29, 1.82) is 5.26 Å². The van der Waals surface area contributed by atoms with E-state index in [4.69, 9.17) is 0 Å². The molecule has 3 saturated heterocycles. The Morgan fingerprint density at radius 3 is 2.39 bits per heavy atom. The van der Waals surface area contributed by atoms with Crippen LogP contribution in [0.3, 0.4) is 0 Å². The number of carbonyl (C=O) groups excluding carboxylic acids is 2. The summed E-state index contributed by atoms with van der Waals surface area (Å²) in [4.78, 5) is 30.3. The third-order valence-electron chi connectivity index (χ3n) is 6.30. The van der Waals surface area contributed by atoms with Gasteiger partial charge in [0.15, 0.2) is 5.70 Å². The number of anilines is 1. The highest BCUT2D eigenvalue weighted by atomic mass is 16.2. The lowest BCUT2D eigenvalue weighted by atomic mass is 9.88. The molecular weight excluding hydrogens is 390 g/mol. The number of azo groups is 1. The summed E-state index contributed by atoms with van der Waals surface area (Å²) in [6, 6.07) is 20.2. The van der Waals surface area contributed by atoms with Gasteiger partial charge in [-0.2, -0.15) is 5.26 Å². The van der Waals surface area contributed by atoms with Crippen LogP contribution in [0.5, 0.6) is 0 Å². The van der Waals surface area contributed by atoms with Gasteiger partial charge in [-0.3, -0.25) is 9.59 Å². The molecule has 2 amide bonds. The number of nitriles is 1. The Morgan fingerprint density at radius 2 is 1.68 bits per heavy atom. The first kappa shape index (κ1) is 19.2. The zero-order valence-electron chi connectivity index (χ0n) is 16.9. The highest BCUT2D eigenvalue weighted by Crippen LogP contribution is 2.50. The number of piperidine rings is 1. The third-order valence-corrected chi connectivity index (χ3v) is 6.30. The molecule has 3 heterocycles. The molecule has 3 fully saturated rings. The van der Waals surface area contributed by atoms with Gasteiger partial charge in [0.2, 0.25) is 11.8 Å². The fourth-order valence-electron chi connectivity index (χ4n) is 5.02. The third kappa shape index (κ3) is 3.12. The van der Waals surface area contributed by atoms with Crippen LogP contribution in [0.4, 0.5) is 11.4 Å². The number of hydrogen-bond donors (Lipinski definition) is 0. The number of hydrogen-bond acceptors (Lipinski definition) is 6. The summed E-state index contributed by atoms with van der Waals surface area (Å²) in [5, 5.41) is 18.3. The van der Waals surface area contributed by atoms with Crippen LogP contribution in [0, 0.1) is 23.2 Å². The predicted octanol–water partition coefficient (Wildman–Crippen LogP) is 4.18. The van der Waals surface area contributed by atoms with E-state index in [1.165, 1.54) is 4.90 Å². The van der Waals surface area contributed by atoms with E-state index in [2.05, 4.69) is 21.2 Å². The van der Waals surface area contributed by atoms with E-state index in [0.29, 0.717) is 23.6 Å². The number of para-hydroxylation sites is 1. The van der Waals surface area contributed by atoms with E-state index in [9.17, 15) is 14.9 Å². The second-order valence-electron chi connectivity index (χ2n) is 7.99. The van der Waals surface area contributed by atoms with Crippen LogP contribution in [0.2, 0.25) is 0 Å². The van der Waals surface area contributed by atoms with E-state index >= 15 is 0 Å². The van der Waals surface area contributed by atoms with Crippen molar-refractivity contribution in [2.24, 2.45) is 22.1 Å². The van der Waals surface area contributed by atoms with Crippen molar-refractivity contribution in [2.45, 2.75) is 25.3 Å².